The second kappa shape index (κ2) is 8.23. The Kier molecular flexibility index (Phi) is 4.71. The maximum Gasteiger partial charge on any atom is 0.0726 e. The zero-order valence-electron chi connectivity index (χ0n) is 24.4. The van der Waals surface area contributed by atoms with Crippen molar-refractivity contribution in [3.63, 3.8) is 0 Å². The summed E-state index contributed by atoms with van der Waals surface area (Å²) in [6, 6.07) is 43.6. The quantitative estimate of drug-likeness (QED) is 0.211. The van der Waals surface area contributed by atoms with Crippen LogP contribution in [0.3, 0.4) is 0 Å². The van der Waals surface area contributed by atoms with Crippen molar-refractivity contribution in [2.45, 2.75) is 37.1 Å². The summed E-state index contributed by atoms with van der Waals surface area (Å²) in [6.45, 7) is 4.75. The molecule has 1 atom stereocenters. The molecule has 0 bridgehead atoms. The summed E-state index contributed by atoms with van der Waals surface area (Å²) in [5.41, 5.74) is 18.0. The van der Waals surface area contributed by atoms with Gasteiger partial charge in [-0.2, -0.15) is 0 Å². The molecule has 1 heteroatoms. The number of likely N-dealkylation sites (N-methyl/N-ethyl adjacent to an activating group) is 1. The third-order valence-corrected chi connectivity index (χ3v) is 10.7. The molecule has 1 spiro atoms. The van der Waals surface area contributed by atoms with E-state index in [9.17, 15) is 0 Å². The number of rotatable bonds is 2. The largest absolute Gasteiger partial charge is 0.367 e. The molecule has 0 aromatic heterocycles. The van der Waals surface area contributed by atoms with E-state index >= 15 is 0 Å². The number of anilines is 1. The van der Waals surface area contributed by atoms with Gasteiger partial charge in [0, 0.05) is 23.7 Å². The molecule has 202 valence electrons. The average molecular weight is 540 g/mol. The summed E-state index contributed by atoms with van der Waals surface area (Å²) in [7, 11) is 2.30. The van der Waals surface area contributed by atoms with Gasteiger partial charge in [-0.15, -0.1) is 0 Å². The summed E-state index contributed by atoms with van der Waals surface area (Å²) < 4.78 is 0. The highest BCUT2D eigenvalue weighted by Crippen LogP contribution is 2.64. The minimum Gasteiger partial charge on any atom is -0.367 e. The number of hydrogen-bond donors (Lipinski definition) is 0. The lowest BCUT2D eigenvalue weighted by atomic mass is 9.70. The van der Waals surface area contributed by atoms with Crippen molar-refractivity contribution in [1.29, 1.82) is 0 Å². The third kappa shape index (κ3) is 2.79. The molecule has 0 aliphatic heterocycles. The molecule has 1 unspecified atom stereocenters. The van der Waals surface area contributed by atoms with Crippen LogP contribution < -0.4 is 4.90 Å². The average Bonchev–Trinajstić information content (AvgIpc) is 3.60. The Hall–Kier alpha value is -4.62. The Balaban J connectivity index is 1.23. The molecule has 1 nitrogen and oxygen atoms in total. The fourth-order valence-corrected chi connectivity index (χ4v) is 8.83. The van der Waals surface area contributed by atoms with Crippen molar-refractivity contribution < 1.29 is 0 Å². The zero-order valence-corrected chi connectivity index (χ0v) is 24.4. The van der Waals surface area contributed by atoms with E-state index in [1.54, 1.807) is 0 Å². The van der Waals surface area contributed by atoms with Crippen LogP contribution in [-0.4, -0.2) is 13.1 Å². The molecule has 0 N–H and O–H groups in total. The number of fused-ring (bicyclic) bond motifs is 12. The Morgan fingerprint density at radius 1 is 0.571 bits per heavy atom. The van der Waals surface area contributed by atoms with Gasteiger partial charge in [-0.1, -0.05) is 135 Å². The van der Waals surface area contributed by atoms with Crippen molar-refractivity contribution in [2.24, 2.45) is 0 Å². The molecule has 42 heavy (non-hydrogen) atoms. The first kappa shape index (κ1) is 24.0. The first-order valence-corrected chi connectivity index (χ1v) is 15.2. The van der Waals surface area contributed by atoms with E-state index in [0.717, 1.165) is 6.42 Å². The highest BCUT2D eigenvalue weighted by Gasteiger charge is 2.52. The van der Waals surface area contributed by atoms with Gasteiger partial charge in [-0.25, -0.2) is 0 Å². The molecule has 0 fully saturated rings. The summed E-state index contributed by atoms with van der Waals surface area (Å²) in [5, 5.41) is 0. The monoisotopic (exact) mass is 539 g/mol. The molecule has 0 saturated carbocycles. The molecule has 0 radical (unpaired) electrons. The van der Waals surface area contributed by atoms with E-state index < -0.39 is 0 Å². The Labute approximate surface area is 248 Å². The molecule has 4 aliphatic rings. The smallest absolute Gasteiger partial charge is 0.0726 e. The van der Waals surface area contributed by atoms with E-state index in [0.29, 0.717) is 0 Å². The summed E-state index contributed by atoms with van der Waals surface area (Å²) in [6.07, 6.45) is 5.88. The van der Waals surface area contributed by atoms with Crippen molar-refractivity contribution in [3.8, 4) is 22.3 Å². The fourth-order valence-electron chi connectivity index (χ4n) is 8.83. The van der Waals surface area contributed by atoms with Crippen LogP contribution in [0.15, 0.2) is 133 Å². The zero-order chi connectivity index (χ0) is 28.2. The first-order valence-electron chi connectivity index (χ1n) is 15.2. The normalized spacial score (nSPS) is 19.2. The second-order valence-electron chi connectivity index (χ2n) is 12.9. The summed E-state index contributed by atoms with van der Waals surface area (Å²) in [5.74, 6) is 0. The lowest BCUT2D eigenvalue weighted by Gasteiger charge is -2.34. The Bertz CT molecular complexity index is 1970. The van der Waals surface area contributed by atoms with Gasteiger partial charge in [0.05, 0.1) is 11.5 Å². The van der Waals surface area contributed by atoms with Crippen molar-refractivity contribution in [1.82, 2.24) is 0 Å². The number of benzene rings is 5. The SMILES string of the molecule is CN(c1cccc2c1-c1ccccc1C21c2ccccc2-c2ccccc21)C1C=CC2=C(C1)c1ccccc1C2(C)C. The van der Waals surface area contributed by atoms with E-state index in [1.807, 2.05) is 0 Å². The summed E-state index contributed by atoms with van der Waals surface area (Å²) >= 11 is 0. The van der Waals surface area contributed by atoms with Gasteiger partial charge in [-0.05, 0) is 73.7 Å². The topological polar surface area (TPSA) is 3.24 Å². The van der Waals surface area contributed by atoms with Crippen LogP contribution >= 0.6 is 0 Å². The molecule has 9 rings (SSSR count). The maximum atomic E-state index is 2.54. The van der Waals surface area contributed by atoms with Gasteiger partial charge in [0.1, 0.15) is 0 Å². The standard InChI is InChI=1S/C41H33N/c1-40(2)32-17-8-4-15-29(32)31-25-26(23-24-33(31)40)42(3)38-22-12-21-37-39(38)30-16-7-11-20-36(30)41(37)34-18-9-5-13-27(34)28-14-6-10-19-35(28)41/h4-24,26H,25H2,1-3H3. The predicted molar refractivity (Wildman–Crippen MR) is 175 cm³/mol. The molecule has 0 saturated heterocycles. The van der Waals surface area contributed by atoms with Gasteiger partial charge in [0.25, 0.3) is 0 Å². The molecular weight excluding hydrogens is 506 g/mol. The fraction of sp³-hybridized carbons (Fsp3) is 0.171. The van der Waals surface area contributed by atoms with Gasteiger partial charge >= 0.3 is 0 Å². The van der Waals surface area contributed by atoms with E-state index in [-0.39, 0.29) is 16.9 Å². The summed E-state index contributed by atoms with van der Waals surface area (Å²) in [4.78, 5) is 2.54. The van der Waals surface area contributed by atoms with Crippen LogP contribution in [0.2, 0.25) is 0 Å². The molecule has 4 aliphatic carbocycles. The predicted octanol–water partition coefficient (Wildman–Crippen LogP) is 9.54. The third-order valence-electron chi connectivity index (χ3n) is 10.7. The minimum atomic E-state index is -0.303. The van der Waals surface area contributed by atoms with Gasteiger partial charge in [0.15, 0.2) is 0 Å². The highest BCUT2D eigenvalue weighted by atomic mass is 15.1. The lowest BCUT2D eigenvalue weighted by Crippen LogP contribution is -2.32. The van der Waals surface area contributed by atoms with Crippen molar-refractivity contribution in [3.05, 3.63) is 166 Å². The van der Waals surface area contributed by atoms with Gasteiger partial charge in [-0.3, -0.25) is 0 Å². The number of nitrogens with zero attached hydrogens (tertiary/aromatic N) is 1. The van der Waals surface area contributed by atoms with Crippen LogP contribution in [0.25, 0.3) is 27.8 Å². The van der Waals surface area contributed by atoms with Crippen molar-refractivity contribution in [2.75, 3.05) is 11.9 Å². The molecule has 5 aromatic rings. The molecule has 0 amide bonds. The highest BCUT2D eigenvalue weighted by molar-refractivity contribution is 5.99. The van der Waals surface area contributed by atoms with Crippen LogP contribution in [0.5, 0.6) is 0 Å². The molecular formula is C41H33N. The van der Waals surface area contributed by atoms with E-state index in [2.05, 4.69) is 153 Å². The van der Waals surface area contributed by atoms with Crippen LogP contribution in [-0.2, 0) is 10.8 Å². The van der Waals surface area contributed by atoms with Crippen LogP contribution in [0.4, 0.5) is 5.69 Å². The molecule has 5 aromatic carbocycles. The van der Waals surface area contributed by atoms with Gasteiger partial charge in [0.2, 0.25) is 0 Å². The first-order chi connectivity index (χ1) is 20.5. The van der Waals surface area contributed by atoms with Crippen molar-refractivity contribution >= 4 is 11.3 Å². The Morgan fingerprint density at radius 2 is 1.10 bits per heavy atom. The lowest BCUT2D eigenvalue weighted by molar-refractivity contribution is 0.646. The van der Waals surface area contributed by atoms with Crippen LogP contribution in [0, 0.1) is 0 Å². The Morgan fingerprint density at radius 3 is 1.76 bits per heavy atom. The maximum absolute atomic E-state index is 2.54. The minimum absolute atomic E-state index is 0.0501. The number of hydrogen-bond acceptors (Lipinski definition) is 1. The van der Waals surface area contributed by atoms with E-state index in [1.165, 1.54) is 72.5 Å². The molecule has 0 heterocycles. The number of allylic oxidation sites excluding steroid dienone is 2. The second-order valence-corrected chi connectivity index (χ2v) is 12.9. The van der Waals surface area contributed by atoms with Crippen LogP contribution in [0.1, 0.15) is 53.6 Å². The van der Waals surface area contributed by atoms with Gasteiger partial charge < -0.3 is 4.90 Å². The van der Waals surface area contributed by atoms with E-state index in [4.69, 9.17) is 0 Å².